The van der Waals surface area contributed by atoms with Crippen LogP contribution in [0.3, 0.4) is 0 Å². The number of amides is 1. The number of nitrogens with one attached hydrogen (secondary N) is 3. The van der Waals surface area contributed by atoms with Gasteiger partial charge in [0.2, 0.25) is 0 Å². The maximum absolute atomic E-state index is 13.9. The van der Waals surface area contributed by atoms with Crippen LogP contribution in [0.25, 0.3) is 21.2 Å². The zero-order valence-corrected chi connectivity index (χ0v) is 27.6. The van der Waals surface area contributed by atoms with Crippen molar-refractivity contribution >= 4 is 46.4 Å². The number of aryl methyl sites for hydroxylation is 1. The van der Waals surface area contributed by atoms with E-state index < -0.39 is 0 Å². The molecule has 0 radical (unpaired) electrons. The second kappa shape index (κ2) is 14.4. The summed E-state index contributed by atoms with van der Waals surface area (Å²) in [5.74, 6) is 6.55. The van der Waals surface area contributed by atoms with Crippen LogP contribution in [-0.4, -0.2) is 45.8 Å². The lowest BCUT2D eigenvalue weighted by Gasteiger charge is -2.26. The van der Waals surface area contributed by atoms with Crippen molar-refractivity contribution in [3.8, 4) is 28.1 Å². The van der Waals surface area contributed by atoms with Gasteiger partial charge in [-0.3, -0.25) is 10.2 Å². The Hall–Kier alpha value is -4.32. The van der Waals surface area contributed by atoms with Crippen LogP contribution in [0.4, 0.5) is 0 Å². The molecule has 3 N–H and O–H groups in total. The van der Waals surface area contributed by atoms with Gasteiger partial charge in [-0.15, -0.1) is 11.3 Å². The van der Waals surface area contributed by atoms with Crippen molar-refractivity contribution in [2.24, 2.45) is 4.99 Å². The number of carbonyl (C=O) groups excluding carboxylic acids is 1. The quantitative estimate of drug-likeness (QED) is 0.0663. The van der Waals surface area contributed by atoms with Crippen LogP contribution in [0.2, 0.25) is 10.0 Å². The predicted octanol–water partition coefficient (Wildman–Crippen LogP) is 6.78. The topological polar surface area (TPSA) is 90.9 Å². The summed E-state index contributed by atoms with van der Waals surface area (Å²) in [4.78, 5) is 23.7. The Kier molecular flexibility index (Phi) is 9.91. The molecule has 1 amide bonds. The van der Waals surface area contributed by atoms with Gasteiger partial charge in [-0.2, -0.15) is 16.6 Å². The highest BCUT2D eigenvalue weighted by molar-refractivity contribution is 7.16. The summed E-state index contributed by atoms with van der Waals surface area (Å²) >= 11 is 14.5. The van der Waals surface area contributed by atoms with Gasteiger partial charge in [0.15, 0.2) is 5.69 Å². The fraction of sp³-hybridized carbons (Fsp3) is 0.294. The summed E-state index contributed by atoms with van der Waals surface area (Å²) in [6, 6.07) is 17.5. The van der Waals surface area contributed by atoms with E-state index in [1.54, 1.807) is 22.9 Å². The van der Waals surface area contributed by atoms with Crippen LogP contribution in [-0.2, 0) is 6.54 Å². The Balaban J connectivity index is 1.47. The highest BCUT2D eigenvalue weighted by atomic mass is 35.5. The van der Waals surface area contributed by atoms with Crippen molar-refractivity contribution in [3.63, 3.8) is 0 Å². The smallest absolute Gasteiger partial charge is 0.286 e. The standard InChI is InChI=1S/C34H32Cl2N8OS/c1-22-6-8-23(9-7-22)10-14-26-15-17-30(46-26)32-27(21-38-34(40-37-2)39-25-12-13-25)31(33(45)42-43-18-4-3-5-19-43)41-44(32)29-16-11-24(35)20-28(29)36/h6-9,11,15-17,20,25H,3-5,12-13,18-19,21H2,1H3,(H,42,45)(H2,38,39,40). The lowest BCUT2D eigenvalue weighted by molar-refractivity contribution is 0.0743. The van der Waals surface area contributed by atoms with Crippen LogP contribution in [0.5, 0.6) is 0 Å². The van der Waals surface area contributed by atoms with E-state index in [9.17, 15) is 4.79 Å². The molecule has 2 aromatic heterocycles. The molecule has 4 aromatic rings. The molecular weight excluding hydrogens is 639 g/mol. The van der Waals surface area contributed by atoms with Crippen molar-refractivity contribution in [1.29, 1.82) is 0 Å². The SMILES string of the molecule is [C-]#[N+]NC(=NCc1c(C(=O)NN2CCCCC2)nn(-c2ccc(Cl)cc2Cl)c1-c1ccc(C#Cc2ccc(C)cc2)s1)NC1CC1. The normalized spacial score (nSPS) is 15.0. The number of hydrogen-bond donors (Lipinski definition) is 3. The van der Waals surface area contributed by atoms with Crippen LogP contribution in [0, 0.1) is 25.3 Å². The largest absolute Gasteiger partial charge is 0.349 e. The number of guanidine groups is 1. The maximum atomic E-state index is 13.9. The van der Waals surface area contributed by atoms with Gasteiger partial charge in [-0.1, -0.05) is 64.6 Å². The third-order valence-corrected chi connectivity index (χ3v) is 9.19. The van der Waals surface area contributed by atoms with Gasteiger partial charge in [0.05, 0.1) is 32.7 Å². The third kappa shape index (κ3) is 7.72. The van der Waals surface area contributed by atoms with E-state index in [1.165, 1.54) is 16.9 Å². The first kappa shape index (κ1) is 31.7. The third-order valence-electron chi connectivity index (χ3n) is 7.65. The first-order valence-corrected chi connectivity index (χ1v) is 16.7. The number of hydrogen-bond acceptors (Lipinski definition) is 5. The number of piperidine rings is 1. The van der Waals surface area contributed by atoms with E-state index >= 15 is 0 Å². The first-order valence-electron chi connectivity index (χ1n) is 15.1. The van der Waals surface area contributed by atoms with Gasteiger partial charge in [-0.05, 0) is 75.1 Å². The molecule has 9 nitrogen and oxygen atoms in total. The molecule has 46 heavy (non-hydrogen) atoms. The molecule has 2 aromatic carbocycles. The van der Waals surface area contributed by atoms with Crippen molar-refractivity contribution in [2.75, 3.05) is 13.1 Å². The number of aromatic nitrogens is 2. The molecule has 2 aliphatic rings. The fourth-order valence-corrected chi connectivity index (χ4v) is 6.52. The fourth-order valence-electron chi connectivity index (χ4n) is 5.11. The number of halogens is 2. The molecule has 1 saturated heterocycles. The average molecular weight is 672 g/mol. The Bertz CT molecular complexity index is 1870. The monoisotopic (exact) mass is 670 g/mol. The molecular formula is C34H32Cl2N8OS. The zero-order valence-electron chi connectivity index (χ0n) is 25.2. The Morgan fingerprint density at radius 3 is 2.59 bits per heavy atom. The van der Waals surface area contributed by atoms with E-state index in [2.05, 4.69) is 33.0 Å². The van der Waals surface area contributed by atoms with Gasteiger partial charge in [0.1, 0.15) is 0 Å². The highest BCUT2D eigenvalue weighted by Gasteiger charge is 2.29. The van der Waals surface area contributed by atoms with Crippen LogP contribution < -0.4 is 16.2 Å². The number of hydrazine groups is 1. The molecule has 234 valence electrons. The van der Waals surface area contributed by atoms with E-state index in [4.69, 9.17) is 39.9 Å². The highest BCUT2D eigenvalue weighted by Crippen LogP contribution is 2.37. The van der Waals surface area contributed by atoms with Crippen LogP contribution >= 0.6 is 34.5 Å². The molecule has 1 saturated carbocycles. The second-order valence-corrected chi connectivity index (χ2v) is 13.2. The van der Waals surface area contributed by atoms with Crippen LogP contribution in [0.1, 0.15) is 64.2 Å². The average Bonchev–Trinajstić information content (AvgIpc) is 3.60. The van der Waals surface area contributed by atoms with Crippen molar-refractivity contribution < 1.29 is 4.79 Å². The minimum atomic E-state index is -0.331. The number of aliphatic imine (C=N–C) groups is 1. The van der Waals surface area contributed by atoms with E-state index in [0.29, 0.717) is 32.9 Å². The zero-order chi connectivity index (χ0) is 32.0. The second-order valence-electron chi connectivity index (χ2n) is 11.3. The van der Waals surface area contributed by atoms with Gasteiger partial charge in [0.25, 0.3) is 11.9 Å². The summed E-state index contributed by atoms with van der Waals surface area (Å²) in [5.41, 5.74) is 9.86. The molecule has 12 heteroatoms. The lowest BCUT2D eigenvalue weighted by Crippen LogP contribution is -2.45. The summed E-state index contributed by atoms with van der Waals surface area (Å²) < 4.78 is 1.69. The molecule has 1 aliphatic carbocycles. The Labute approximate surface area is 282 Å². The van der Waals surface area contributed by atoms with Gasteiger partial charge in [0, 0.05) is 35.3 Å². The van der Waals surface area contributed by atoms with Crippen molar-refractivity contribution in [2.45, 2.75) is 51.6 Å². The molecule has 1 aliphatic heterocycles. The van der Waals surface area contributed by atoms with E-state index in [1.807, 2.05) is 48.3 Å². The Morgan fingerprint density at radius 2 is 1.87 bits per heavy atom. The van der Waals surface area contributed by atoms with Crippen molar-refractivity contribution in [3.05, 3.63) is 103 Å². The maximum Gasteiger partial charge on any atom is 0.286 e. The number of carbonyl (C=O) groups is 1. The van der Waals surface area contributed by atoms with Crippen LogP contribution in [0.15, 0.2) is 59.6 Å². The minimum Gasteiger partial charge on any atom is -0.349 e. The number of benzene rings is 2. The first-order chi connectivity index (χ1) is 22.4. The van der Waals surface area contributed by atoms with E-state index in [-0.39, 0.29) is 24.2 Å². The van der Waals surface area contributed by atoms with Gasteiger partial charge in [-0.25, -0.2) is 14.7 Å². The van der Waals surface area contributed by atoms with E-state index in [0.717, 1.165) is 60.5 Å². The molecule has 0 spiro atoms. The summed E-state index contributed by atoms with van der Waals surface area (Å²) in [5, 5.41) is 11.0. The van der Waals surface area contributed by atoms with Gasteiger partial charge < -0.3 is 5.32 Å². The molecule has 2 fully saturated rings. The summed E-state index contributed by atoms with van der Waals surface area (Å²) in [6.45, 7) is 11.0. The minimum absolute atomic E-state index is 0.0865. The van der Waals surface area contributed by atoms with Gasteiger partial charge >= 0.3 is 0 Å². The number of rotatable bonds is 7. The Morgan fingerprint density at radius 1 is 1.09 bits per heavy atom. The predicted molar refractivity (Wildman–Crippen MR) is 184 cm³/mol. The summed E-state index contributed by atoms with van der Waals surface area (Å²) in [7, 11) is 0. The van der Waals surface area contributed by atoms with Crippen molar-refractivity contribution in [1.82, 2.24) is 31.0 Å². The molecule has 0 unspecified atom stereocenters. The lowest BCUT2D eigenvalue weighted by atomic mass is 10.1. The summed E-state index contributed by atoms with van der Waals surface area (Å²) in [6.07, 6.45) is 5.19. The number of thiophene rings is 1. The molecule has 0 atom stereocenters. The molecule has 0 bridgehead atoms. The molecule has 3 heterocycles. The number of nitrogens with zero attached hydrogens (tertiary/aromatic N) is 5. The molecule has 6 rings (SSSR count).